The molecule has 0 amide bonds. The summed E-state index contributed by atoms with van der Waals surface area (Å²) in [5.41, 5.74) is 22.0. The molecule has 2 heteroatoms. The Hall–Kier alpha value is -7.42. The van der Waals surface area contributed by atoms with Crippen LogP contribution in [-0.4, -0.2) is 0 Å². The highest BCUT2D eigenvalue weighted by Crippen LogP contribution is 2.64. The van der Waals surface area contributed by atoms with Gasteiger partial charge >= 0.3 is 0 Å². The van der Waals surface area contributed by atoms with Crippen molar-refractivity contribution in [2.45, 2.75) is 24.7 Å². The monoisotopic (exact) mass is 766 g/mol. The number of rotatable bonds is 6. The fourth-order valence-corrected chi connectivity index (χ4v) is 10.9. The molecular formula is C58H42N2. The molecule has 1 unspecified atom stereocenters. The molecule has 9 aromatic rings. The summed E-state index contributed by atoms with van der Waals surface area (Å²) in [5.74, 6) is 0. The van der Waals surface area contributed by atoms with Crippen molar-refractivity contribution >= 4 is 34.1 Å². The minimum Gasteiger partial charge on any atom is -0.310 e. The first kappa shape index (κ1) is 34.6. The Labute approximate surface area is 352 Å². The molecule has 1 spiro atoms. The van der Waals surface area contributed by atoms with Gasteiger partial charge in [0.15, 0.2) is 0 Å². The van der Waals surface area contributed by atoms with E-state index in [2.05, 4.69) is 242 Å². The molecular weight excluding hydrogens is 725 g/mol. The molecule has 0 bridgehead atoms. The van der Waals surface area contributed by atoms with Crippen molar-refractivity contribution in [1.82, 2.24) is 0 Å². The van der Waals surface area contributed by atoms with E-state index in [1.165, 1.54) is 72.4 Å². The van der Waals surface area contributed by atoms with E-state index in [1.807, 2.05) is 0 Å². The Morgan fingerprint density at radius 1 is 0.283 bits per heavy atom. The zero-order chi connectivity index (χ0) is 40.0. The summed E-state index contributed by atoms with van der Waals surface area (Å²) < 4.78 is 0. The van der Waals surface area contributed by atoms with Crippen LogP contribution < -0.4 is 9.80 Å². The Morgan fingerprint density at radius 3 is 1.37 bits per heavy atom. The first-order valence-corrected chi connectivity index (χ1v) is 21.0. The lowest BCUT2D eigenvalue weighted by Gasteiger charge is -2.33. The molecule has 284 valence electrons. The van der Waals surface area contributed by atoms with Gasteiger partial charge in [0.05, 0.1) is 11.1 Å². The van der Waals surface area contributed by atoms with E-state index in [1.54, 1.807) is 0 Å². The molecule has 3 aliphatic rings. The molecule has 60 heavy (non-hydrogen) atoms. The van der Waals surface area contributed by atoms with Gasteiger partial charge in [0.1, 0.15) is 0 Å². The van der Waals surface area contributed by atoms with Crippen LogP contribution in [0.4, 0.5) is 34.1 Å². The molecule has 3 aliphatic carbocycles. The minimum atomic E-state index is -0.508. The third-order valence-corrected chi connectivity index (χ3v) is 13.4. The lowest BCUT2D eigenvalue weighted by Crippen LogP contribution is -2.26. The van der Waals surface area contributed by atoms with Gasteiger partial charge in [0.25, 0.3) is 0 Å². The van der Waals surface area contributed by atoms with Crippen molar-refractivity contribution < 1.29 is 0 Å². The summed E-state index contributed by atoms with van der Waals surface area (Å²) in [6.45, 7) is 4.73. The Morgan fingerprint density at radius 2 is 0.733 bits per heavy atom. The predicted molar refractivity (Wildman–Crippen MR) is 250 cm³/mol. The lowest BCUT2D eigenvalue weighted by molar-refractivity contribution is 0.660. The van der Waals surface area contributed by atoms with E-state index in [0.717, 1.165) is 28.4 Å². The van der Waals surface area contributed by atoms with Gasteiger partial charge in [-0.25, -0.2) is 0 Å². The maximum absolute atomic E-state index is 2.51. The largest absolute Gasteiger partial charge is 0.310 e. The molecule has 0 radical (unpaired) electrons. The molecule has 1 atom stereocenters. The van der Waals surface area contributed by atoms with Crippen molar-refractivity contribution in [3.05, 3.63) is 252 Å². The highest BCUT2D eigenvalue weighted by atomic mass is 15.1. The van der Waals surface area contributed by atoms with E-state index in [-0.39, 0.29) is 5.41 Å². The van der Waals surface area contributed by atoms with Crippen molar-refractivity contribution in [1.29, 1.82) is 0 Å². The molecule has 0 aromatic heterocycles. The summed E-state index contributed by atoms with van der Waals surface area (Å²) in [4.78, 5) is 4.87. The summed E-state index contributed by atoms with van der Waals surface area (Å²) in [5, 5.41) is 0. The van der Waals surface area contributed by atoms with Gasteiger partial charge in [0, 0.05) is 39.4 Å². The number of nitrogens with zero attached hydrogens (tertiary/aromatic N) is 2. The fraction of sp³-hybridized carbons (Fsp3) is 0.0690. The number of para-hydroxylation sites is 3. The van der Waals surface area contributed by atoms with Crippen molar-refractivity contribution in [2.75, 3.05) is 9.80 Å². The summed E-state index contributed by atoms with van der Waals surface area (Å²) in [6, 6.07) is 80.9. The summed E-state index contributed by atoms with van der Waals surface area (Å²) >= 11 is 0. The van der Waals surface area contributed by atoms with Gasteiger partial charge in [-0.1, -0.05) is 166 Å². The van der Waals surface area contributed by atoms with Gasteiger partial charge < -0.3 is 9.80 Å². The van der Waals surface area contributed by atoms with Crippen molar-refractivity contribution in [3.63, 3.8) is 0 Å². The van der Waals surface area contributed by atoms with Crippen LogP contribution in [0.3, 0.4) is 0 Å². The smallest absolute Gasteiger partial charge is 0.0726 e. The summed E-state index contributed by atoms with van der Waals surface area (Å²) in [6.07, 6.45) is 0. The standard InChI is InChI=1S/C58H42N2/c1-57(2)49-28-15-14-27-47(49)56-53(57)31-18-32-55(56)60(41-23-10-5-11-24-41)43-33-35-46-44-25-12-16-29-50(44)58(54(46)38-43)51-30-17-13-26-45(51)48-37-42(34-36-52(48)58)59(39-19-6-3-7-20-39)40-21-8-4-9-22-40/h3-38H,1-2H3. The molecule has 0 heterocycles. The van der Waals surface area contributed by atoms with Crippen molar-refractivity contribution in [3.8, 4) is 33.4 Å². The van der Waals surface area contributed by atoms with E-state index in [0.29, 0.717) is 0 Å². The van der Waals surface area contributed by atoms with Crippen LogP contribution in [0.15, 0.2) is 218 Å². The van der Waals surface area contributed by atoms with Crippen LogP contribution in [0.25, 0.3) is 33.4 Å². The average molecular weight is 767 g/mol. The molecule has 0 N–H and O–H groups in total. The second-order valence-corrected chi connectivity index (χ2v) is 16.8. The number of hydrogen-bond donors (Lipinski definition) is 0. The molecule has 0 fully saturated rings. The second-order valence-electron chi connectivity index (χ2n) is 16.8. The molecule has 2 nitrogen and oxygen atoms in total. The normalized spacial score (nSPS) is 15.7. The summed E-state index contributed by atoms with van der Waals surface area (Å²) in [7, 11) is 0. The topological polar surface area (TPSA) is 6.48 Å². The molecule has 12 rings (SSSR count). The first-order valence-electron chi connectivity index (χ1n) is 21.0. The Kier molecular flexibility index (Phi) is 7.52. The zero-order valence-electron chi connectivity index (χ0n) is 33.7. The van der Waals surface area contributed by atoms with Crippen molar-refractivity contribution in [2.24, 2.45) is 0 Å². The van der Waals surface area contributed by atoms with E-state index in [4.69, 9.17) is 0 Å². The Balaban J connectivity index is 1.11. The van der Waals surface area contributed by atoms with Gasteiger partial charge in [-0.2, -0.15) is 0 Å². The molecule has 0 saturated carbocycles. The van der Waals surface area contributed by atoms with E-state index >= 15 is 0 Å². The van der Waals surface area contributed by atoms with E-state index in [9.17, 15) is 0 Å². The van der Waals surface area contributed by atoms with Crippen LogP contribution in [-0.2, 0) is 10.8 Å². The third-order valence-electron chi connectivity index (χ3n) is 13.4. The second kappa shape index (κ2) is 13.0. The quantitative estimate of drug-likeness (QED) is 0.166. The average Bonchev–Trinajstić information content (AvgIpc) is 3.86. The third kappa shape index (κ3) is 4.76. The van der Waals surface area contributed by atoms with Crippen LogP contribution in [0, 0.1) is 0 Å². The fourth-order valence-electron chi connectivity index (χ4n) is 10.9. The van der Waals surface area contributed by atoms with Gasteiger partial charge in [-0.15, -0.1) is 0 Å². The molecule has 0 saturated heterocycles. The number of benzene rings is 9. The minimum absolute atomic E-state index is 0.110. The maximum atomic E-state index is 2.51. The number of hydrogen-bond acceptors (Lipinski definition) is 2. The van der Waals surface area contributed by atoms with Gasteiger partial charge in [0.2, 0.25) is 0 Å². The van der Waals surface area contributed by atoms with Crippen LogP contribution in [0.1, 0.15) is 47.2 Å². The van der Waals surface area contributed by atoms with Crippen LogP contribution in [0.2, 0.25) is 0 Å². The SMILES string of the molecule is CC1(C)c2ccccc2-c2c(N(c3ccccc3)c3ccc4c(c3)C3(c5ccccc5-c5cc(N(c6ccccc6)c6ccccc6)ccc53)c3ccccc3-4)cccc21. The lowest BCUT2D eigenvalue weighted by atomic mass is 9.70. The Bertz CT molecular complexity index is 3090. The predicted octanol–water partition coefficient (Wildman–Crippen LogP) is 15.3. The number of anilines is 6. The molecule has 9 aromatic carbocycles. The van der Waals surface area contributed by atoms with Gasteiger partial charge in [-0.05, 0) is 128 Å². The van der Waals surface area contributed by atoms with E-state index < -0.39 is 5.41 Å². The highest BCUT2D eigenvalue weighted by Gasteiger charge is 2.52. The first-order chi connectivity index (χ1) is 29.5. The molecule has 0 aliphatic heterocycles. The van der Waals surface area contributed by atoms with Gasteiger partial charge in [-0.3, -0.25) is 0 Å². The number of fused-ring (bicyclic) bond motifs is 13. The van der Waals surface area contributed by atoms with Crippen LogP contribution >= 0.6 is 0 Å². The zero-order valence-corrected chi connectivity index (χ0v) is 33.7. The van der Waals surface area contributed by atoms with Crippen LogP contribution in [0.5, 0.6) is 0 Å². The highest BCUT2D eigenvalue weighted by molar-refractivity contribution is 5.99. The maximum Gasteiger partial charge on any atom is 0.0726 e.